The minimum atomic E-state index is -3.30. The number of nitrogens with zero attached hydrogens (tertiary/aromatic N) is 2. The molecule has 0 saturated carbocycles. The summed E-state index contributed by atoms with van der Waals surface area (Å²) >= 11 is 0. The molecule has 1 aliphatic rings. The smallest absolute Gasteiger partial charge is 0.212 e. The standard InChI is InChI=1S/C18H23N3O3S/c22-25(23,14-6-13-24-17-7-2-1-3-8-17)20-16-10-12-21(15-16)18-9-4-5-11-19-18/h1-5,7-9,11,16,20H,6,10,12-15H2. The van der Waals surface area contributed by atoms with Crippen LogP contribution in [0.25, 0.3) is 0 Å². The fourth-order valence-electron chi connectivity index (χ4n) is 2.87. The highest BCUT2D eigenvalue weighted by molar-refractivity contribution is 7.89. The molecule has 1 aliphatic heterocycles. The number of sulfonamides is 1. The minimum absolute atomic E-state index is 0.0675. The second-order valence-electron chi connectivity index (χ2n) is 6.07. The van der Waals surface area contributed by atoms with Gasteiger partial charge in [0.1, 0.15) is 11.6 Å². The van der Waals surface area contributed by atoms with Crippen molar-refractivity contribution in [1.82, 2.24) is 9.71 Å². The van der Waals surface area contributed by atoms with Crippen molar-refractivity contribution in [2.24, 2.45) is 0 Å². The molecule has 2 heterocycles. The molecular formula is C18H23N3O3S. The molecule has 3 rings (SSSR count). The van der Waals surface area contributed by atoms with Gasteiger partial charge >= 0.3 is 0 Å². The first kappa shape index (κ1) is 17.7. The first-order valence-electron chi connectivity index (χ1n) is 8.46. The van der Waals surface area contributed by atoms with E-state index < -0.39 is 10.0 Å². The SMILES string of the molecule is O=S(=O)(CCCOc1ccccc1)NC1CCN(c2ccccn2)C1. The molecule has 1 aromatic carbocycles. The van der Waals surface area contributed by atoms with Crippen LogP contribution >= 0.6 is 0 Å². The summed E-state index contributed by atoms with van der Waals surface area (Å²) in [6.07, 6.45) is 3.00. The maximum atomic E-state index is 12.2. The van der Waals surface area contributed by atoms with Crippen LogP contribution in [0, 0.1) is 0 Å². The lowest BCUT2D eigenvalue weighted by Gasteiger charge is -2.17. The summed E-state index contributed by atoms with van der Waals surface area (Å²) in [5.74, 6) is 1.72. The van der Waals surface area contributed by atoms with E-state index in [1.54, 1.807) is 6.20 Å². The summed E-state index contributed by atoms with van der Waals surface area (Å²) in [6, 6.07) is 15.1. The Morgan fingerprint density at radius 1 is 1.16 bits per heavy atom. The molecule has 0 bridgehead atoms. The van der Waals surface area contributed by atoms with Gasteiger partial charge in [-0.3, -0.25) is 0 Å². The molecule has 7 heteroatoms. The summed E-state index contributed by atoms with van der Waals surface area (Å²) in [7, 11) is -3.30. The molecular weight excluding hydrogens is 338 g/mol. The van der Waals surface area contributed by atoms with E-state index in [9.17, 15) is 8.42 Å². The number of hydrogen-bond donors (Lipinski definition) is 1. The van der Waals surface area contributed by atoms with Crippen molar-refractivity contribution in [3.05, 3.63) is 54.7 Å². The number of aromatic nitrogens is 1. The monoisotopic (exact) mass is 361 g/mol. The van der Waals surface area contributed by atoms with Crippen LogP contribution in [0.3, 0.4) is 0 Å². The van der Waals surface area contributed by atoms with Crippen LogP contribution in [-0.2, 0) is 10.0 Å². The highest BCUT2D eigenvalue weighted by Crippen LogP contribution is 2.18. The molecule has 1 unspecified atom stereocenters. The van der Waals surface area contributed by atoms with E-state index in [-0.39, 0.29) is 11.8 Å². The topological polar surface area (TPSA) is 71.5 Å². The van der Waals surface area contributed by atoms with E-state index in [4.69, 9.17) is 4.74 Å². The van der Waals surface area contributed by atoms with Crippen LogP contribution < -0.4 is 14.4 Å². The molecule has 2 aromatic rings. The Labute approximate surface area is 148 Å². The van der Waals surface area contributed by atoms with E-state index in [1.165, 1.54) is 0 Å². The van der Waals surface area contributed by atoms with E-state index in [1.807, 2.05) is 48.5 Å². The van der Waals surface area contributed by atoms with Gasteiger partial charge in [-0.1, -0.05) is 24.3 Å². The van der Waals surface area contributed by atoms with E-state index >= 15 is 0 Å². The van der Waals surface area contributed by atoms with Crippen molar-refractivity contribution < 1.29 is 13.2 Å². The molecule has 25 heavy (non-hydrogen) atoms. The third kappa shape index (κ3) is 5.44. The van der Waals surface area contributed by atoms with Crippen molar-refractivity contribution in [3.8, 4) is 5.75 Å². The molecule has 134 valence electrons. The summed E-state index contributed by atoms with van der Waals surface area (Å²) in [4.78, 5) is 6.42. The van der Waals surface area contributed by atoms with Crippen molar-refractivity contribution in [1.29, 1.82) is 0 Å². The first-order valence-corrected chi connectivity index (χ1v) is 10.1. The zero-order chi connectivity index (χ0) is 17.5. The van der Waals surface area contributed by atoms with Crippen LogP contribution in [0.5, 0.6) is 5.75 Å². The lowest BCUT2D eigenvalue weighted by atomic mass is 10.3. The highest BCUT2D eigenvalue weighted by Gasteiger charge is 2.26. The lowest BCUT2D eigenvalue weighted by Crippen LogP contribution is -2.38. The Hall–Kier alpha value is -2.12. The summed E-state index contributed by atoms with van der Waals surface area (Å²) in [6.45, 7) is 1.84. The fraction of sp³-hybridized carbons (Fsp3) is 0.389. The third-order valence-electron chi connectivity index (χ3n) is 4.08. The highest BCUT2D eigenvalue weighted by atomic mass is 32.2. The van der Waals surface area contributed by atoms with Gasteiger partial charge < -0.3 is 9.64 Å². The molecule has 0 amide bonds. The summed E-state index contributed by atoms with van der Waals surface area (Å²) < 4.78 is 32.8. The molecule has 0 spiro atoms. The zero-order valence-electron chi connectivity index (χ0n) is 14.0. The van der Waals surface area contributed by atoms with Crippen LogP contribution in [0.1, 0.15) is 12.8 Å². The van der Waals surface area contributed by atoms with Crippen LogP contribution in [0.2, 0.25) is 0 Å². The van der Waals surface area contributed by atoms with Crippen molar-refractivity contribution >= 4 is 15.8 Å². The molecule has 6 nitrogen and oxygen atoms in total. The largest absolute Gasteiger partial charge is 0.494 e. The Bertz CT molecular complexity index is 754. The van der Waals surface area contributed by atoms with E-state index in [2.05, 4.69) is 14.6 Å². The number of ether oxygens (including phenoxy) is 1. The molecule has 0 aliphatic carbocycles. The van der Waals surface area contributed by atoms with Crippen LogP contribution in [0.15, 0.2) is 54.7 Å². The second kappa shape index (κ2) is 8.31. The van der Waals surface area contributed by atoms with E-state index in [0.29, 0.717) is 19.6 Å². The summed E-state index contributed by atoms with van der Waals surface area (Å²) in [5, 5.41) is 0. The quantitative estimate of drug-likeness (QED) is 0.729. The van der Waals surface area contributed by atoms with Gasteiger partial charge in [-0.15, -0.1) is 0 Å². The maximum absolute atomic E-state index is 12.2. The third-order valence-corrected chi connectivity index (χ3v) is 5.60. The van der Waals surface area contributed by atoms with Crippen LogP contribution in [-0.4, -0.2) is 44.9 Å². The van der Waals surface area contributed by atoms with Crippen molar-refractivity contribution in [2.75, 3.05) is 30.3 Å². The molecule has 1 fully saturated rings. The first-order chi connectivity index (χ1) is 12.1. The van der Waals surface area contributed by atoms with Gasteiger partial charge in [0, 0.05) is 25.3 Å². The molecule has 1 atom stereocenters. The van der Waals surface area contributed by atoms with Gasteiger partial charge in [-0.05, 0) is 37.1 Å². The average molecular weight is 361 g/mol. The number of rotatable bonds is 8. The maximum Gasteiger partial charge on any atom is 0.212 e. The van der Waals surface area contributed by atoms with Crippen LogP contribution in [0.4, 0.5) is 5.82 Å². The molecule has 1 saturated heterocycles. The predicted molar refractivity (Wildman–Crippen MR) is 98.3 cm³/mol. The number of benzene rings is 1. The Balaban J connectivity index is 1.41. The van der Waals surface area contributed by atoms with Gasteiger partial charge in [-0.2, -0.15) is 0 Å². The van der Waals surface area contributed by atoms with Gasteiger partial charge in [0.15, 0.2) is 0 Å². The number of para-hydroxylation sites is 1. The Morgan fingerprint density at radius 2 is 1.96 bits per heavy atom. The summed E-state index contributed by atoms with van der Waals surface area (Å²) in [5.41, 5.74) is 0. The van der Waals surface area contributed by atoms with Gasteiger partial charge in [-0.25, -0.2) is 18.1 Å². The van der Waals surface area contributed by atoms with Crippen molar-refractivity contribution in [2.45, 2.75) is 18.9 Å². The normalized spacial score (nSPS) is 17.6. The second-order valence-corrected chi connectivity index (χ2v) is 7.94. The van der Waals surface area contributed by atoms with Gasteiger partial charge in [0.2, 0.25) is 10.0 Å². The van der Waals surface area contributed by atoms with Gasteiger partial charge in [0.05, 0.1) is 12.4 Å². The van der Waals surface area contributed by atoms with E-state index in [0.717, 1.165) is 24.5 Å². The number of anilines is 1. The minimum Gasteiger partial charge on any atom is -0.494 e. The molecule has 1 N–H and O–H groups in total. The fourth-order valence-corrected chi connectivity index (χ4v) is 4.19. The number of pyridine rings is 1. The zero-order valence-corrected chi connectivity index (χ0v) is 14.9. The predicted octanol–water partition coefficient (Wildman–Crippen LogP) is 2.05. The lowest BCUT2D eigenvalue weighted by molar-refractivity contribution is 0.317. The number of nitrogens with one attached hydrogen (secondary N) is 1. The molecule has 0 radical (unpaired) electrons. The van der Waals surface area contributed by atoms with Gasteiger partial charge in [0.25, 0.3) is 0 Å². The Morgan fingerprint density at radius 3 is 2.72 bits per heavy atom. The molecule has 1 aromatic heterocycles. The van der Waals surface area contributed by atoms with Crippen molar-refractivity contribution in [3.63, 3.8) is 0 Å². The average Bonchev–Trinajstić information content (AvgIpc) is 3.08. The number of hydrogen-bond acceptors (Lipinski definition) is 5. The Kier molecular flexibility index (Phi) is 5.88.